The lowest BCUT2D eigenvalue weighted by Crippen LogP contribution is -2.26. The number of aromatic hydroxyl groups is 1. The molecule has 166 valence electrons. The second-order valence-corrected chi connectivity index (χ2v) is 7.23. The van der Waals surface area contributed by atoms with Gasteiger partial charge in [-0.2, -0.15) is 0 Å². The Balaban J connectivity index is 1.73. The fourth-order valence-corrected chi connectivity index (χ4v) is 3.21. The topological polar surface area (TPSA) is 94.4 Å². The number of rotatable bonds is 7. The molecule has 0 fully saturated rings. The van der Waals surface area contributed by atoms with Crippen molar-refractivity contribution >= 4 is 5.97 Å². The summed E-state index contributed by atoms with van der Waals surface area (Å²) in [6, 6.07) is 23.9. The zero-order valence-electron chi connectivity index (χ0n) is 18.3. The van der Waals surface area contributed by atoms with E-state index in [1.807, 2.05) is 60.7 Å². The summed E-state index contributed by atoms with van der Waals surface area (Å²) in [6.07, 6.45) is -0.804. The molecule has 0 aliphatic carbocycles. The molecule has 0 aliphatic rings. The van der Waals surface area contributed by atoms with Crippen molar-refractivity contribution in [2.75, 3.05) is 6.61 Å². The SMILES string of the molecule is CCOC(=O)C(C)Oc1ccc(-c2nc(-c3ccccc3)nc(-c3ccccc3)n2)c(O)c1. The third kappa shape index (κ3) is 5.15. The average Bonchev–Trinajstić information content (AvgIpc) is 2.85. The normalized spacial score (nSPS) is 11.6. The molecule has 1 atom stereocenters. The number of carbonyl (C=O) groups excluding carboxylic acids is 1. The van der Waals surface area contributed by atoms with Crippen LogP contribution in [-0.4, -0.2) is 38.7 Å². The summed E-state index contributed by atoms with van der Waals surface area (Å²) in [6.45, 7) is 3.59. The number of hydrogen-bond donors (Lipinski definition) is 1. The van der Waals surface area contributed by atoms with Crippen LogP contribution in [0.25, 0.3) is 34.2 Å². The number of hydrogen-bond acceptors (Lipinski definition) is 7. The number of esters is 1. The zero-order valence-corrected chi connectivity index (χ0v) is 18.3. The van der Waals surface area contributed by atoms with Crippen LogP contribution in [0.15, 0.2) is 78.9 Å². The molecule has 4 aromatic rings. The predicted octanol–water partition coefficient (Wildman–Crippen LogP) is 4.91. The monoisotopic (exact) mass is 441 g/mol. The minimum atomic E-state index is -0.804. The summed E-state index contributed by atoms with van der Waals surface area (Å²) < 4.78 is 10.6. The Morgan fingerprint density at radius 1 is 0.848 bits per heavy atom. The number of phenolic OH excluding ortho intramolecular Hbond substituents is 1. The molecule has 7 heteroatoms. The Morgan fingerprint density at radius 3 is 1.91 bits per heavy atom. The number of aromatic nitrogens is 3. The number of phenols is 1. The smallest absolute Gasteiger partial charge is 0.347 e. The lowest BCUT2D eigenvalue weighted by atomic mass is 10.1. The summed E-state index contributed by atoms with van der Waals surface area (Å²) in [5.74, 6) is 1.10. The molecule has 1 unspecified atom stereocenters. The van der Waals surface area contributed by atoms with Crippen LogP contribution in [0.1, 0.15) is 13.8 Å². The first-order valence-electron chi connectivity index (χ1n) is 10.6. The van der Waals surface area contributed by atoms with Crippen LogP contribution in [0.2, 0.25) is 0 Å². The van der Waals surface area contributed by atoms with Gasteiger partial charge in [-0.1, -0.05) is 60.7 Å². The summed E-state index contributed by atoms with van der Waals surface area (Å²) in [5.41, 5.74) is 2.09. The maximum atomic E-state index is 11.8. The third-order valence-electron chi connectivity index (χ3n) is 4.84. The van der Waals surface area contributed by atoms with Crippen molar-refractivity contribution in [3.63, 3.8) is 0 Å². The largest absolute Gasteiger partial charge is 0.507 e. The van der Waals surface area contributed by atoms with Gasteiger partial charge >= 0.3 is 5.97 Å². The minimum absolute atomic E-state index is 0.0761. The van der Waals surface area contributed by atoms with Gasteiger partial charge in [0.15, 0.2) is 23.6 Å². The van der Waals surface area contributed by atoms with E-state index in [-0.39, 0.29) is 12.4 Å². The molecule has 0 saturated heterocycles. The maximum Gasteiger partial charge on any atom is 0.347 e. The molecule has 0 amide bonds. The highest BCUT2D eigenvalue weighted by atomic mass is 16.6. The molecule has 0 saturated carbocycles. The van der Waals surface area contributed by atoms with Crippen LogP contribution < -0.4 is 4.74 Å². The Hall–Kier alpha value is -4.26. The van der Waals surface area contributed by atoms with E-state index in [2.05, 4.69) is 15.0 Å². The van der Waals surface area contributed by atoms with Gasteiger partial charge in [-0.15, -0.1) is 0 Å². The second-order valence-electron chi connectivity index (χ2n) is 7.23. The Bertz CT molecular complexity index is 1190. The quantitative estimate of drug-likeness (QED) is 0.407. The number of carbonyl (C=O) groups is 1. The van der Waals surface area contributed by atoms with Crippen molar-refractivity contribution in [2.45, 2.75) is 20.0 Å². The highest BCUT2D eigenvalue weighted by Crippen LogP contribution is 2.33. The van der Waals surface area contributed by atoms with Gasteiger partial charge in [-0.25, -0.2) is 19.7 Å². The van der Waals surface area contributed by atoms with Crippen molar-refractivity contribution < 1.29 is 19.4 Å². The maximum absolute atomic E-state index is 11.8. The second kappa shape index (κ2) is 9.91. The summed E-state index contributed by atoms with van der Waals surface area (Å²) in [4.78, 5) is 25.7. The fourth-order valence-electron chi connectivity index (χ4n) is 3.21. The van der Waals surface area contributed by atoms with E-state index in [1.165, 1.54) is 6.07 Å². The number of nitrogens with zero attached hydrogens (tertiary/aromatic N) is 3. The van der Waals surface area contributed by atoms with Crippen molar-refractivity contribution in [1.29, 1.82) is 0 Å². The van der Waals surface area contributed by atoms with Crippen LogP contribution in [0.4, 0.5) is 0 Å². The van der Waals surface area contributed by atoms with Gasteiger partial charge in [-0.05, 0) is 26.0 Å². The van der Waals surface area contributed by atoms with Gasteiger partial charge in [-0.3, -0.25) is 0 Å². The molecule has 0 bridgehead atoms. The zero-order chi connectivity index (χ0) is 23.2. The van der Waals surface area contributed by atoms with Crippen molar-refractivity contribution in [2.24, 2.45) is 0 Å². The van der Waals surface area contributed by atoms with Gasteiger partial charge in [0, 0.05) is 17.2 Å². The molecular weight excluding hydrogens is 418 g/mol. The van der Waals surface area contributed by atoms with Gasteiger partial charge in [0.1, 0.15) is 11.5 Å². The summed E-state index contributed by atoms with van der Waals surface area (Å²) in [5, 5.41) is 10.7. The van der Waals surface area contributed by atoms with E-state index >= 15 is 0 Å². The van der Waals surface area contributed by atoms with Crippen LogP contribution in [0.5, 0.6) is 11.5 Å². The molecule has 4 rings (SSSR count). The Labute approximate surface area is 191 Å². The molecule has 0 aliphatic heterocycles. The average molecular weight is 441 g/mol. The predicted molar refractivity (Wildman–Crippen MR) is 125 cm³/mol. The van der Waals surface area contributed by atoms with E-state index in [0.29, 0.717) is 28.8 Å². The van der Waals surface area contributed by atoms with Crippen molar-refractivity contribution in [3.05, 3.63) is 78.9 Å². The first-order chi connectivity index (χ1) is 16.0. The number of ether oxygens (including phenoxy) is 2. The van der Waals surface area contributed by atoms with Crippen LogP contribution >= 0.6 is 0 Å². The summed E-state index contributed by atoms with van der Waals surface area (Å²) in [7, 11) is 0. The molecule has 0 spiro atoms. The summed E-state index contributed by atoms with van der Waals surface area (Å²) >= 11 is 0. The molecule has 1 heterocycles. The van der Waals surface area contributed by atoms with Crippen LogP contribution in [-0.2, 0) is 9.53 Å². The van der Waals surface area contributed by atoms with Gasteiger partial charge in [0.05, 0.1) is 12.2 Å². The minimum Gasteiger partial charge on any atom is -0.507 e. The molecule has 0 radical (unpaired) electrons. The molecule has 3 aromatic carbocycles. The van der Waals surface area contributed by atoms with E-state index in [1.54, 1.807) is 26.0 Å². The van der Waals surface area contributed by atoms with Crippen molar-refractivity contribution in [1.82, 2.24) is 15.0 Å². The van der Waals surface area contributed by atoms with E-state index in [9.17, 15) is 9.90 Å². The third-order valence-corrected chi connectivity index (χ3v) is 4.84. The Morgan fingerprint density at radius 2 is 1.39 bits per heavy atom. The van der Waals surface area contributed by atoms with Gasteiger partial charge in [0.2, 0.25) is 0 Å². The van der Waals surface area contributed by atoms with Crippen LogP contribution in [0.3, 0.4) is 0 Å². The van der Waals surface area contributed by atoms with E-state index < -0.39 is 12.1 Å². The van der Waals surface area contributed by atoms with Crippen molar-refractivity contribution in [3.8, 4) is 45.7 Å². The Kier molecular flexibility index (Phi) is 6.59. The molecule has 1 aromatic heterocycles. The fraction of sp³-hybridized carbons (Fsp3) is 0.154. The van der Waals surface area contributed by atoms with E-state index in [0.717, 1.165) is 11.1 Å². The molecule has 33 heavy (non-hydrogen) atoms. The van der Waals surface area contributed by atoms with E-state index in [4.69, 9.17) is 9.47 Å². The standard InChI is InChI=1S/C26H23N3O4/c1-3-32-26(31)17(2)33-20-14-15-21(22(30)16-20)25-28-23(18-10-6-4-7-11-18)27-24(29-25)19-12-8-5-9-13-19/h4-17,30H,3H2,1-2H3. The molecule has 1 N–H and O–H groups in total. The number of benzene rings is 3. The molecule has 7 nitrogen and oxygen atoms in total. The highest BCUT2D eigenvalue weighted by molar-refractivity contribution is 5.75. The highest BCUT2D eigenvalue weighted by Gasteiger charge is 2.18. The lowest BCUT2D eigenvalue weighted by molar-refractivity contribution is -0.150. The van der Waals surface area contributed by atoms with Gasteiger partial charge < -0.3 is 14.6 Å². The van der Waals surface area contributed by atoms with Gasteiger partial charge in [0.25, 0.3) is 0 Å². The lowest BCUT2D eigenvalue weighted by Gasteiger charge is -2.14. The van der Waals surface area contributed by atoms with Crippen LogP contribution in [0, 0.1) is 0 Å². The molecular formula is C26H23N3O4. The first-order valence-corrected chi connectivity index (χ1v) is 10.6. The first kappa shape index (κ1) is 22.0.